The van der Waals surface area contributed by atoms with Crippen LogP contribution in [0.1, 0.15) is 16.2 Å². The van der Waals surface area contributed by atoms with E-state index in [1.54, 1.807) is 16.6 Å². The number of fused-ring (bicyclic) bond motifs is 1. The van der Waals surface area contributed by atoms with Gasteiger partial charge < -0.3 is 9.84 Å². The number of halogens is 1. The van der Waals surface area contributed by atoms with Crippen LogP contribution in [-0.2, 0) is 6.42 Å². The number of nitrogens with zero attached hydrogens (tertiary/aromatic N) is 4. The predicted molar refractivity (Wildman–Crippen MR) is 88.8 cm³/mol. The minimum absolute atomic E-state index is 0.171. The number of rotatable bonds is 5. The minimum Gasteiger partial charge on any atom is -0.351 e. The smallest absolute Gasteiger partial charge is 0.289 e. The lowest BCUT2D eigenvalue weighted by Crippen LogP contribution is -2.25. The first kappa shape index (κ1) is 15.5. The molecule has 9 heteroatoms. The van der Waals surface area contributed by atoms with E-state index >= 15 is 0 Å². The Labute approximate surface area is 145 Å². The van der Waals surface area contributed by atoms with Crippen molar-refractivity contribution >= 4 is 22.2 Å². The zero-order chi connectivity index (χ0) is 17.2. The number of benzene rings is 1. The van der Waals surface area contributed by atoms with Gasteiger partial charge in [0.1, 0.15) is 5.82 Å². The van der Waals surface area contributed by atoms with Crippen LogP contribution in [-0.4, -0.2) is 32.2 Å². The van der Waals surface area contributed by atoms with Gasteiger partial charge in [-0.1, -0.05) is 17.3 Å². The summed E-state index contributed by atoms with van der Waals surface area (Å²) >= 11 is 1.44. The molecule has 7 nitrogen and oxygen atoms in total. The molecule has 1 N–H and O–H groups in total. The zero-order valence-corrected chi connectivity index (χ0v) is 13.7. The molecule has 0 saturated carbocycles. The van der Waals surface area contributed by atoms with Gasteiger partial charge in [-0.05, 0) is 12.1 Å². The van der Waals surface area contributed by atoms with E-state index in [0.717, 1.165) is 10.7 Å². The summed E-state index contributed by atoms with van der Waals surface area (Å²) in [6.07, 6.45) is 1.99. The average molecular weight is 357 g/mol. The van der Waals surface area contributed by atoms with Crippen LogP contribution in [0.4, 0.5) is 4.39 Å². The maximum Gasteiger partial charge on any atom is 0.289 e. The molecule has 0 aliphatic rings. The van der Waals surface area contributed by atoms with Gasteiger partial charge in [0.15, 0.2) is 5.82 Å². The minimum atomic E-state index is -0.328. The second kappa shape index (κ2) is 6.44. The van der Waals surface area contributed by atoms with Gasteiger partial charge in [-0.3, -0.25) is 4.79 Å². The number of nitrogens with one attached hydrogen (secondary N) is 1. The normalized spacial score (nSPS) is 11.1. The molecule has 0 atom stereocenters. The molecule has 0 unspecified atom stereocenters. The van der Waals surface area contributed by atoms with Crippen LogP contribution in [0.15, 0.2) is 46.4 Å². The molecule has 0 aliphatic carbocycles. The van der Waals surface area contributed by atoms with E-state index in [1.807, 2.05) is 5.38 Å². The van der Waals surface area contributed by atoms with Crippen LogP contribution in [0.2, 0.25) is 0 Å². The molecule has 0 aliphatic heterocycles. The average Bonchev–Trinajstić information content (AvgIpc) is 3.33. The van der Waals surface area contributed by atoms with Crippen LogP contribution in [0.3, 0.4) is 0 Å². The summed E-state index contributed by atoms with van der Waals surface area (Å²) < 4.78 is 19.9. The third kappa shape index (κ3) is 3.13. The summed E-state index contributed by atoms with van der Waals surface area (Å²) in [5.41, 5.74) is 1.54. The predicted octanol–water partition coefficient (Wildman–Crippen LogP) is 2.56. The summed E-state index contributed by atoms with van der Waals surface area (Å²) in [6.45, 7) is 0.417. The number of amides is 1. The second-order valence-electron chi connectivity index (χ2n) is 5.25. The first-order chi connectivity index (χ1) is 12.2. The Balaban J connectivity index is 1.48. The van der Waals surface area contributed by atoms with E-state index in [0.29, 0.717) is 24.4 Å². The topological polar surface area (TPSA) is 85.3 Å². The molecule has 126 valence electrons. The van der Waals surface area contributed by atoms with Crippen molar-refractivity contribution in [1.82, 2.24) is 25.1 Å². The van der Waals surface area contributed by atoms with Gasteiger partial charge in [-0.2, -0.15) is 4.98 Å². The molecule has 3 aromatic heterocycles. The summed E-state index contributed by atoms with van der Waals surface area (Å²) in [4.78, 5) is 16.9. The Morgan fingerprint density at radius 1 is 1.36 bits per heavy atom. The maximum atomic E-state index is 13.4. The van der Waals surface area contributed by atoms with Gasteiger partial charge in [0.2, 0.25) is 10.7 Å². The molecule has 0 radical (unpaired) electrons. The van der Waals surface area contributed by atoms with Gasteiger partial charge in [0, 0.05) is 30.0 Å². The highest BCUT2D eigenvalue weighted by molar-refractivity contribution is 7.15. The summed E-state index contributed by atoms with van der Waals surface area (Å²) in [5.74, 6) is -0.00285. The fourth-order valence-electron chi connectivity index (χ4n) is 2.37. The van der Waals surface area contributed by atoms with Gasteiger partial charge >= 0.3 is 0 Å². The molecule has 1 amide bonds. The highest BCUT2D eigenvalue weighted by atomic mass is 32.1. The van der Waals surface area contributed by atoms with Crippen LogP contribution in [0.5, 0.6) is 0 Å². The van der Waals surface area contributed by atoms with E-state index in [-0.39, 0.29) is 17.5 Å². The SMILES string of the molecule is O=C(NCCc1csc2nc(-c3cccc(F)c3)nn12)c1ccno1. The molecular weight excluding hydrogens is 345 g/mol. The Morgan fingerprint density at radius 3 is 3.08 bits per heavy atom. The van der Waals surface area contributed by atoms with E-state index in [4.69, 9.17) is 4.52 Å². The highest BCUT2D eigenvalue weighted by Crippen LogP contribution is 2.21. The largest absolute Gasteiger partial charge is 0.351 e. The fourth-order valence-corrected chi connectivity index (χ4v) is 3.23. The van der Waals surface area contributed by atoms with Crippen molar-refractivity contribution in [3.8, 4) is 11.4 Å². The zero-order valence-electron chi connectivity index (χ0n) is 12.8. The van der Waals surface area contributed by atoms with Crippen molar-refractivity contribution < 1.29 is 13.7 Å². The summed E-state index contributed by atoms with van der Waals surface area (Å²) in [6, 6.07) is 7.67. The number of hydrogen-bond donors (Lipinski definition) is 1. The standard InChI is InChI=1S/C16H12FN5O2S/c17-11-3-1-2-10(8-11)14-20-16-22(21-14)12(9-25-16)4-6-18-15(23)13-5-7-19-24-13/h1-3,5,7-9H,4,6H2,(H,18,23). The number of carbonyl (C=O) groups is 1. The molecule has 0 spiro atoms. The van der Waals surface area contributed by atoms with Gasteiger partial charge in [-0.25, -0.2) is 8.91 Å². The molecule has 4 aromatic rings. The Kier molecular flexibility index (Phi) is 3.98. The monoisotopic (exact) mass is 357 g/mol. The molecule has 4 rings (SSSR count). The van der Waals surface area contributed by atoms with Gasteiger partial charge in [-0.15, -0.1) is 16.4 Å². The highest BCUT2D eigenvalue weighted by Gasteiger charge is 2.13. The van der Waals surface area contributed by atoms with Crippen LogP contribution < -0.4 is 5.32 Å². The van der Waals surface area contributed by atoms with Gasteiger partial charge in [0.25, 0.3) is 5.91 Å². The molecule has 0 fully saturated rings. The van der Waals surface area contributed by atoms with Crippen LogP contribution >= 0.6 is 11.3 Å². The molecule has 1 aromatic carbocycles. The number of thiazole rings is 1. The Hall–Kier alpha value is -3.07. The van der Waals surface area contributed by atoms with Crippen molar-refractivity contribution in [3.05, 3.63) is 59.2 Å². The molecular formula is C16H12FN5O2S. The third-order valence-corrected chi connectivity index (χ3v) is 4.43. The fraction of sp³-hybridized carbons (Fsp3) is 0.125. The Bertz CT molecular complexity index is 1020. The molecule has 0 bridgehead atoms. The van der Waals surface area contributed by atoms with Gasteiger partial charge in [0.05, 0.1) is 11.9 Å². The van der Waals surface area contributed by atoms with Crippen LogP contribution in [0.25, 0.3) is 16.3 Å². The quantitative estimate of drug-likeness (QED) is 0.593. The number of carbonyl (C=O) groups excluding carboxylic acids is 1. The van der Waals surface area contributed by atoms with Crippen molar-refractivity contribution in [2.45, 2.75) is 6.42 Å². The first-order valence-corrected chi connectivity index (χ1v) is 8.36. The Morgan fingerprint density at radius 2 is 2.28 bits per heavy atom. The van der Waals surface area contributed by atoms with Crippen molar-refractivity contribution in [1.29, 1.82) is 0 Å². The summed E-state index contributed by atoms with van der Waals surface area (Å²) in [5, 5.41) is 12.6. The van der Waals surface area contributed by atoms with Crippen molar-refractivity contribution in [2.75, 3.05) is 6.54 Å². The summed E-state index contributed by atoms with van der Waals surface area (Å²) in [7, 11) is 0. The number of aromatic nitrogens is 4. The molecule has 3 heterocycles. The molecule has 0 saturated heterocycles. The third-order valence-electron chi connectivity index (χ3n) is 3.56. The molecule has 25 heavy (non-hydrogen) atoms. The van der Waals surface area contributed by atoms with E-state index < -0.39 is 0 Å². The lowest BCUT2D eigenvalue weighted by atomic mass is 10.2. The van der Waals surface area contributed by atoms with Crippen molar-refractivity contribution in [2.24, 2.45) is 0 Å². The second-order valence-corrected chi connectivity index (χ2v) is 6.09. The van der Waals surface area contributed by atoms with E-state index in [1.165, 1.54) is 35.7 Å². The lowest BCUT2D eigenvalue weighted by molar-refractivity contribution is 0.0917. The van der Waals surface area contributed by atoms with E-state index in [2.05, 4.69) is 20.6 Å². The van der Waals surface area contributed by atoms with Crippen molar-refractivity contribution in [3.63, 3.8) is 0 Å². The maximum absolute atomic E-state index is 13.4. The number of hydrogen-bond acceptors (Lipinski definition) is 6. The first-order valence-electron chi connectivity index (χ1n) is 7.49. The lowest BCUT2D eigenvalue weighted by Gasteiger charge is -2.01. The van der Waals surface area contributed by atoms with Crippen LogP contribution in [0, 0.1) is 5.82 Å². The van der Waals surface area contributed by atoms with E-state index in [9.17, 15) is 9.18 Å².